The summed E-state index contributed by atoms with van der Waals surface area (Å²) < 4.78 is 5.70. The van der Waals surface area contributed by atoms with E-state index in [1.807, 2.05) is 12.1 Å². The summed E-state index contributed by atoms with van der Waals surface area (Å²) in [6.45, 7) is 3.95. The van der Waals surface area contributed by atoms with Crippen LogP contribution in [-0.4, -0.2) is 19.3 Å². The molecule has 3 nitrogen and oxygen atoms in total. The number of ether oxygens (including phenoxy) is 1. The van der Waals surface area contributed by atoms with Crippen LogP contribution in [0, 0.1) is 6.92 Å². The topological polar surface area (TPSA) is 47.3 Å². The summed E-state index contributed by atoms with van der Waals surface area (Å²) in [5, 5.41) is 3.41. The Morgan fingerprint density at radius 3 is 2.94 bits per heavy atom. The molecule has 1 aromatic rings. The number of nitrogens with one attached hydrogen (secondary N) is 1. The number of hydrogen-bond acceptors (Lipinski definition) is 3. The van der Waals surface area contributed by atoms with Crippen LogP contribution in [0.1, 0.15) is 31.2 Å². The number of rotatable bonds is 4. The van der Waals surface area contributed by atoms with E-state index < -0.39 is 0 Å². The number of aryl methyl sites for hydroxylation is 1. The maximum atomic E-state index is 5.81. The summed E-state index contributed by atoms with van der Waals surface area (Å²) in [6.07, 6.45) is 5.25. The Hall–Kier alpha value is -1.22. The maximum absolute atomic E-state index is 5.81. The van der Waals surface area contributed by atoms with Gasteiger partial charge >= 0.3 is 0 Å². The first-order valence-corrected chi connectivity index (χ1v) is 6.47. The molecule has 94 valence electrons. The molecule has 1 fully saturated rings. The van der Waals surface area contributed by atoms with Gasteiger partial charge in [-0.25, -0.2) is 0 Å². The molecule has 3 N–H and O–H groups in total. The van der Waals surface area contributed by atoms with E-state index >= 15 is 0 Å². The highest BCUT2D eigenvalue weighted by Gasteiger charge is 2.12. The van der Waals surface area contributed by atoms with Crippen LogP contribution in [-0.2, 0) is 4.74 Å². The molecule has 0 aromatic heterocycles. The summed E-state index contributed by atoms with van der Waals surface area (Å²) in [4.78, 5) is 0. The fraction of sp³-hybridized carbons (Fsp3) is 0.571. The Kier molecular flexibility index (Phi) is 4.26. The number of hydrogen-bond donors (Lipinski definition) is 2. The fourth-order valence-corrected chi connectivity index (χ4v) is 2.33. The predicted molar refractivity (Wildman–Crippen MR) is 72.3 cm³/mol. The molecule has 3 heteroatoms. The summed E-state index contributed by atoms with van der Waals surface area (Å²) in [7, 11) is 0. The van der Waals surface area contributed by atoms with Crippen molar-refractivity contribution in [3.8, 4) is 0 Å². The highest BCUT2D eigenvalue weighted by atomic mass is 16.5. The molecule has 0 spiro atoms. The molecule has 0 amide bonds. The van der Waals surface area contributed by atoms with Crippen LogP contribution >= 0.6 is 0 Å². The van der Waals surface area contributed by atoms with Crippen molar-refractivity contribution in [3.63, 3.8) is 0 Å². The second-order valence-electron chi connectivity index (χ2n) is 4.84. The van der Waals surface area contributed by atoms with Crippen molar-refractivity contribution in [2.75, 3.05) is 24.2 Å². The molecule has 2 rings (SSSR count). The van der Waals surface area contributed by atoms with Gasteiger partial charge in [0.25, 0.3) is 0 Å². The standard InChI is InChI=1S/C14H22N2O/c1-11-8-12(15)10-13(9-11)16-6-5-14-4-2-3-7-17-14/h8-10,14,16H,2-7,15H2,1H3. The van der Waals surface area contributed by atoms with Gasteiger partial charge in [-0.15, -0.1) is 0 Å². The summed E-state index contributed by atoms with van der Waals surface area (Å²) in [5.41, 5.74) is 8.94. The van der Waals surface area contributed by atoms with Gasteiger partial charge in [-0.3, -0.25) is 0 Å². The van der Waals surface area contributed by atoms with Crippen molar-refractivity contribution in [1.82, 2.24) is 0 Å². The van der Waals surface area contributed by atoms with Crippen LogP contribution in [0.2, 0.25) is 0 Å². The first-order chi connectivity index (χ1) is 8.24. The average Bonchev–Trinajstić information content (AvgIpc) is 2.29. The predicted octanol–water partition coefficient (Wildman–Crippen LogP) is 2.95. The van der Waals surface area contributed by atoms with E-state index in [0.29, 0.717) is 6.10 Å². The van der Waals surface area contributed by atoms with E-state index in [0.717, 1.165) is 30.9 Å². The minimum Gasteiger partial charge on any atom is -0.399 e. The van der Waals surface area contributed by atoms with E-state index in [1.54, 1.807) is 0 Å². The summed E-state index contributed by atoms with van der Waals surface area (Å²) >= 11 is 0. The summed E-state index contributed by atoms with van der Waals surface area (Å²) in [5.74, 6) is 0. The van der Waals surface area contributed by atoms with Crippen molar-refractivity contribution in [2.45, 2.75) is 38.7 Å². The van der Waals surface area contributed by atoms with E-state index in [9.17, 15) is 0 Å². The van der Waals surface area contributed by atoms with Crippen LogP contribution < -0.4 is 11.1 Å². The minimum absolute atomic E-state index is 0.443. The van der Waals surface area contributed by atoms with Gasteiger partial charge < -0.3 is 15.8 Å². The Morgan fingerprint density at radius 2 is 2.24 bits per heavy atom. The number of nitrogen functional groups attached to an aromatic ring is 1. The second kappa shape index (κ2) is 5.92. The molecule has 1 atom stereocenters. The third kappa shape index (κ3) is 3.93. The van der Waals surface area contributed by atoms with Crippen LogP contribution in [0.4, 0.5) is 11.4 Å². The van der Waals surface area contributed by atoms with E-state index in [-0.39, 0.29) is 0 Å². The quantitative estimate of drug-likeness (QED) is 0.787. The lowest BCUT2D eigenvalue weighted by atomic mass is 10.1. The highest BCUT2D eigenvalue weighted by molar-refractivity contribution is 5.56. The average molecular weight is 234 g/mol. The fourth-order valence-electron chi connectivity index (χ4n) is 2.33. The zero-order valence-corrected chi connectivity index (χ0v) is 10.5. The smallest absolute Gasteiger partial charge is 0.0591 e. The lowest BCUT2D eigenvalue weighted by Gasteiger charge is -2.22. The highest BCUT2D eigenvalue weighted by Crippen LogP contribution is 2.18. The SMILES string of the molecule is Cc1cc(N)cc(NCCC2CCCCO2)c1. The molecule has 1 aliphatic rings. The van der Waals surface area contributed by atoms with E-state index in [2.05, 4.69) is 18.3 Å². The summed E-state index contributed by atoms with van der Waals surface area (Å²) in [6, 6.07) is 6.09. The lowest BCUT2D eigenvalue weighted by molar-refractivity contribution is 0.0134. The molecule has 1 aliphatic heterocycles. The normalized spacial score (nSPS) is 20.2. The van der Waals surface area contributed by atoms with Crippen molar-refractivity contribution in [1.29, 1.82) is 0 Å². The zero-order chi connectivity index (χ0) is 12.1. The molecule has 1 saturated heterocycles. The third-order valence-electron chi connectivity index (χ3n) is 3.17. The van der Waals surface area contributed by atoms with Gasteiger partial charge in [0.15, 0.2) is 0 Å². The molecular formula is C14H22N2O. The van der Waals surface area contributed by atoms with Gasteiger partial charge in [0.05, 0.1) is 6.10 Å². The van der Waals surface area contributed by atoms with Crippen LogP contribution in [0.25, 0.3) is 0 Å². The van der Waals surface area contributed by atoms with Crippen LogP contribution in [0.3, 0.4) is 0 Å². The Bertz CT molecular complexity index is 339. The monoisotopic (exact) mass is 234 g/mol. The van der Waals surface area contributed by atoms with Crippen LogP contribution in [0.5, 0.6) is 0 Å². The number of benzene rings is 1. The second-order valence-corrected chi connectivity index (χ2v) is 4.84. The first-order valence-electron chi connectivity index (χ1n) is 6.47. The molecule has 0 bridgehead atoms. The van der Waals surface area contributed by atoms with Gasteiger partial charge in [0.2, 0.25) is 0 Å². The number of nitrogens with two attached hydrogens (primary N) is 1. The van der Waals surface area contributed by atoms with Crippen molar-refractivity contribution in [3.05, 3.63) is 23.8 Å². The van der Waals surface area contributed by atoms with E-state index in [1.165, 1.54) is 24.8 Å². The third-order valence-corrected chi connectivity index (χ3v) is 3.17. The molecule has 0 saturated carbocycles. The van der Waals surface area contributed by atoms with E-state index in [4.69, 9.17) is 10.5 Å². The molecule has 1 unspecified atom stereocenters. The largest absolute Gasteiger partial charge is 0.399 e. The molecule has 0 aliphatic carbocycles. The van der Waals surface area contributed by atoms with Gasteiger partial charge in [0, 0.05) is 24.5 Å². The van der Waals surface area contributed by atoms with Gasteiger partial charge in [-0.2, -0.15) is 0 Å². The molecule has 0 radical (unpaired) electrons. The molecule has 17 heavy (non-hydrogen) atoms. The Labute approximate surface area is 103 Å². The van der Waals surface area contributed by atoms with Crippen molar-refractivity contribution in [2.24, 2.45) is 0 Å². The molecule has 1 aromatic carbocycles. The minimum atomic E-state index is 0.443. The van der Waals surface area contributed by atoms with Crippen molar-refractivity contribution >= 4 is 11.4 Å². The van der Waals surface area contributed by atoms with Crippen molar-refractivity contribution < 1.29 is 4.74 Å². The Balaban J connectivity index is 1.77. The molecular weight excluding hydrogens is 212 g/mol. The molecule has 1 heterocycles. The maximum Gasteiger partial charge on any atom is 0.0591 e. The zero-order valence-electron chi connectivity index (χ0n) is 10.5. The van der Waals surface area contributed by atoms with Gasteiger partial charge in [-0.1, -0.05) is 0 Å². The number of anilines is 2. The van der Waals surface area contributed by atoms with Gasteiger partial charge in [-0.05, 0) is 56.4 Å². The lowest BCUT2D eigenvalue weighted by Crippen LogP contribution is -2.22. The van der Waals surface area contributed by atoms with Crippen LogP contribution in [0.15, 0.2) is 18.2 Å². The first kappa shape index (κ1) is 12.2. The Morgan fingerprint density at radius 1 is 1.35 bits per heavy atom. The van der Waals surface area contributed by atoms with Gasteiger partial charge in [0.1, 0.15) is 0 Å².